The van der Waals surface area contributed by atoms with Crippen molar-refractivity contribution in [3.05, 3.63) is 0 Å². The molecule has 4 saturated carbocycles. The highest BCUT2D eigenvalue weighted by atomic mass is 16.1. The molecule has 0 aromatic rings. The van der Waals surface area contributed by atoms with Crippen LogP contribution in [0.4, 0.5) is 0 Å². The molecule has 0 aromatic heterocycles. The van der Waals surface area contributed by atoms with E-state index in [1.165, 1.54) is 38.5 Å². The molecule has 4 atom stereocenters. The highest BCUT2D eigenvalue weighted by molar-refractivity contribution is 5.93. The van der Waals surface area contributed by atoms with Gasteiger partial charge in [0.05, 0.1) is 0 Å². The summed E-state index contributed by atoms with van der Waals surface area (Å²) >= 11 is 0. The molecule has 0 aliphatic heterocycles. The Morgan fingerprint density at radius 1 is 1.18 bits per heavy atom. The molecular weight excluding hydrogens is 210 g/mol. The summed E-state index contributed by atoms with van der Waals surface area (Å²) in [6.45, 7) is 4.81. The molecule has 4 aliphatic carbocycles. The lowest BCUT2D eigenvalue weighted by Crippen LogP contribution is -2.55. The number of hydrogen-bond donors (Lipinski definition) is 0. The molecule has 0 N–H and O–H groups in total. The third-order valence-electron chi connectivity index (χ3n) is 5.40. The SMILES string of the molecule is C[C@]12CC3CC(CC(=O)C#N)(C1)C[C@@](C)(C3)C2. The first-order valence-electron chi connectivity index (χ1n) is 6.79. The van der Waals surface area contributed by atoms with Gasteiger partial charge in [-0.15, -0.1) is 0 Å². The summed E-state index contributed by atoms with van der Waals surface area (Å²) in [6.07, 6.45) is 8.12. The van der Waals surface area contributed by atoms with Gasteiger partial charge in [0.2, 0.25) is 5.78 Å². The number of carbonyl (C=O) groups is 1. The Morgan fingerprint density at radius 2 is 1.76 bits per heavy atom. The van der Waals surface area contributed by atoms with Gasteiger partial charge in [-0.2, -0.15) is 5.26 Å². The number of hydrogen-bond acceptors (Lipinski definition) is 2. The van der Waals surface area contributed by atoms with Crippen LogP contribution >= 0.6 is 0 Å². The highest BCUT2D eigenvalue weighted by Gasteiger charge is 2.60. The van der Waals surface area contributed by atoms with Crippen LogP contribution < -0.4 is 0 Å². The Hall–Kier alpha value is -0.840. The van der Waals surface area contributed by atoms with Gasteiger partial charge in [-0.1, -0.05) is 13.8 Å². The molecule has 17 heavy (non-hydrogen) atoms. The molecule has 92 valence electrons. The van der Waals surface area contributed by atoms with Gasteiger partial charge in [-0.25, -0.2) is 0 Å². The zero-order chi connectivity index (χ0) is 12.3. The predicted molar refractivity (Wildman–Crippen MR) is 65.1 cm³/mol. The molecular formula is C15H21NO. The molecule has 4 aliphatic rings. The van der Waals surface area contributed by atoms with Crippen LogP contribution in [0.5, 0.6) is 0 Å². The van der Waals surface area contributed by atoms with Crippen molar-refractivity contribution >= 4 is 5.78 Å². The highest BCUT2D eigenvalue weighted by Crippen LogP contribution is 2.70. The summed E-state index contributed by atoms with van der Waals surface area (Å²) in [7, 11) is 0. The fraction of sp³-hybridized carbons (Fsp3) is 0.867. The maximum atomic E-state index is 11.5. The van der Waals surface area contributed by atoms with Crippen LogP contribution in [0.3, 0.4) is 0 Å². The molecule has 0 spiro atoms. The lowest BCUT2D eigenvalue weighted by Gasteiger charge is -2.65. The number of nitrogens with zero attached hydrogens (tertiary/aromatic N) is 1. The van der Waals surface area contributed by atoms with E-state index in [-0.39, 0.29) is 11.2 Å². The van der Waals surface area contributed by atoms with E-state index in [4.69, 9.17) is 5.26 Å². The number of nitriles is 1. The Labute approximate surface area is 103 Å². The fourth-order valence-corrected chi connectivity index (χ4v) is 6.26. The van der Waals surface area contributed by atoms with Crippen LogP contribution in [0.15, 0.2) is 0 Å². The zero-order valence-electron chi connectivity index (χ0n) is 10.9. The van der Waals surface area contributed by atoms with E-state index in [0.29, 0.717) is 17.3 Å². The van der Waals surface area contributed by atoms with Crippen LogP contribution in [-0.4, -0.2) is 5.78 Å². The van der Waals surface area contributed by atoms with Gasteiger partial charge in [0.1, 0.15) is 6.07 Å². The van der Waals surface area contributed by atoms with Crippen LogP contribution in [0.25, 0.3) is 0 Å². The second-order valence-corrected chi connectivity index (χ2v) is 7.84. The molecule has 0 saturated heterocycles. The molecule has 4 bridgehead atoms. The van der Waals surface area contributed by atoms with Gasteiger partial charge in [-0.3, -0.25) is 4.79 Å². The van der Waals surface area contributed by atoms with Crippen LogP contribution in [0, 0.1) is 33.5 Å². The fourth-order valence-electron chi connectivity index (χ4n) is 6.26. The summed E-state index contributed by atoms with van der Waals surface area (Å²) in [4.78, 5) is 11.5. The minimum atomic E-state index is -0.195. The van der Waals surface area contributed by atoms with Gasteiger partial charge in [0.15, 0.2) is 0 Å². The minimum Gasteiger partial charge on any atom is -0.283 e. The van der Waals surface area contributed by atoms with E-state index in [2.05, 4.69) is 13.8 Å². The molecule has 4 fully saturated rings. The third kappa shape index (κ3) is 1.71. The Balaban J connectivity index is 1.92. The van der Waals surface area contributed by atoms with Crippen molar-refractivity contribution in [1.82, 2.24) is 0 Å². The molecule has 0 amide bonds. The Morgan fingerprint density at radius 3 is 2.24 bits per heavy atom. The van der Waals surface area contributed by atoms with Crippen molar-refractivity contribution in [2.45, 2.75) is 58.8 Å². The lowest BCUT2D eigenvalue weighted by molar-refractivity contribution is -0.152. The Bertz CT molecular complexity index is 401. The molecule has 0 heterocycles. The second kappa shape index (κ2) is 3.13. The van der Waals surface area contributed by atoms with Crippen molar-refractivity contribution in [2.75, 3.05) is 0 Å². The summed E-state index contributed by atoms with van der Waals surface area (Å²) in [5, 5.41) is 8.77. The van der Waals surface area contributed by atoms with Crippen molar-refractivity contribution < 1.29 is 4.79 Å². The molecule has 4 rings (SSSR count). The van der Waals surface area contributed by atoms with Crippen molar-refractivity contribution in [2.24, 2.45) is 22.2 Å². The maximum absolute atomic E-state index is 11.5. The van der Waals surface area contributed by atoms with E-state index in [9.17, 15) is 4.79 Å². The largest absolute Gasteiger partial charge is 0.283 e. The van der Waals surface area contributed by atoms with E-state index in [1.54, 1.807) is 0 Å². The molecule has 0 aromatic carbocycles. The average molecular weight is 231 g/mol. The van der Waals surface area contributed by atoms with Gasteiger partial charge in [0.25, 0.3) is 0 Å². The topological polar surface area (TPSA) is 40.9 Å². The lowest BCUT2D eigenvalue weighted by atomic mass is 9.40. The number of Topliss-reactive ketones (excluding diaryl/α,β-unsaturated/α-hetero) is 1. The van der Waals surface area contributed by atoms with Crippen LogP contribution in [-0.2, 0) is 4.79 Å². The summed E-state index contributed by atoms with van der Waals surface area (Å²) in [5.41, 5.74) is 1.07. The smallest absolute Gasteiger partial charge is 0.232 e. The van der Waals surface area contributed by atoms with Crippen LogP contribution in [0.1, 0.15) is 58.8 Å². The van der Waals surface area contributed by atoms with Gasteiger partial charge < -0.3 is 0 Å². The monoisotopic (exact) mass is 231 g/mol. The third-order valence-corrected chi connectivity index (χ3v) is 5.40. The maximum Gasteiger partial charge on any atom is 0.232 e. The standard InChI is InChI=1S/C15H21NO/c1-13-3-11-4-14(2,8-13)10-15(5-11,9-13)6-12(17)7-16/h11H,3-6,8-10H2,1-2H3/t11?,13-,14+,15?. The second-order valence-electron chi connectivity index (χ2n) is 7.84. The molecule has 2 nitrogen and oxygen atoms in total. The summed E-state index contributed by atoms with van der Waals surface area (Å²) in [6, 6.07) is 1.83. The number of rotatable bonds is 2. The quantitative estimate of drug-likeness (QED) is 0.683. The predicted octanol–water partition coefficient (Wildman–Crippen LogP) is 3.47. The first-order valence-corrected chi connectivity index (χ1v) is 6.79. The molecule has 2 heteroatoms. The average Bonchev–Trinajstić information content (AvgIpc) is 2.10. The van der Waals surface area contributed by atoms with Gasteiger partial charge in [-0.05, 0) is 60.7 Å². The molecule has 0 radical (unpaired) electrons. The summed E-state index contributed by atoms with van der Waals surface area (Å²) < 4.78 is 0. The van der Waals surface area contributed by atoms with Crippen LogP contribution in [0.2, 0.25) is 0 Å². The van der Waals surface area contributed by atoms with Crippen molar-refractivity contribution in [1.29, 1.82) is 5.26 Å². The van der Waals surface area contributed by atoms with E-state index >= 15 is 0 Å². The zero-order valence-corrected chi connectivity index (χ0v) is 10.9. The van der Waals surface area contributed by atoms with Crippen molar-refractivity contribution in [3.63, 3.8) is 0 Å². The Kier molecular flexibility index (Phi) is 2.07. The molecule has 2 unspecified atom stereocenters. The normalized spacial score (nSPS) is 51.2. The number of ketones is 1. The van der Waals surface area contributed by atoms with Gasteiger partial charge >= 0.3 is 0 Å². The first-order chi connectivity index (χ1) is 7.86. The van der Waals surface area contributed by atoms with E-state index < -0.39 is 0 Å². The van der Waals surface area contributed by atoms with Gasteiger partial charge in [0, 0.05) is 6.42 Å². The summed E-state index contributed by atoms with van der Waals surface area (Å²) in [5.74, 6) is 0.617. The minimum absolute atomic E-state index is 0.176. The number of carbonyl (C=O) groups excluding carboxylic acids is 1. The first kappa shape index (κ1) is 11.3. The van der Waals surface area contributed by atoms with Crippen molar-refractivity contribution in [3.8, 4) is 6.07 Å². The van der Waals surface area contributed by atoms with E-state index in [1.807, 2.05) is 6.07 Å². The van der Waals surface area contributed by atoms with E-state index in [0.717, 1.165) is 5.92 Å².